The number of nitrogens with two attached hydrogens (primary N) is 1. The molecule has 3 rings (SSSR count). The third-order valence-corrected chi connectivity index (χ3v) is 4.57. The number of nitrogens with zero attached hydrogens (tertiary/aromatic N) is 2. The van der Waals surface area contributed by atoms with Crippen LogP contribution in [0, 0.1) is 5.92 Å². The molecule has 0 radical (unpaired) electrons. The van der Waals surface area contributed by atoms with E-state index in [-0.39, 0.29) is 0 Å². The van der Waals surface area contributed by atoms with Gasteiger partial charge in [0.25, 0.3) is 0 Å². The third kappa shape index (κ3) is 2.82. The second kappa shape index (κ2) is 5.92. The Balaban J connectivity index is 1.98. The lowest BCUT2D eigenvalue weighted by molar-refractivity contribution is 0.533. The summed E-state index contributed by atoms with van der Waals surface area (Å²) in [7, 11) is 0. The first kappa shape index (κ1) is 14.2. The highest BCUT2D eigenvalue weighted by atomic mass is 15.3. The van der Waals surface area contributed by atoms with Gasteiger partial charge in [0, 0.05) is 5.56 Å². The first-order valence-electron chi connectivity index (χ1n) is 8.09. The fourth-order valence-corrected chi connectivity index (χ4v) is 3.52. The van der Waals surface area contributed by atoms with Crippen molar-refractivity contribution in [1.29, 1.82) is 0 Å². The van der Waals surface area contributed by atoms with Crippen LogP contribution >= 0.6 is 0 Å². The summed E-state index contributed by atoms with van der Waals surface area (Å²) < 4.78 is 1.92. The molecule has 0 bridgehead atoms. The average Bonchev–Trinajstić information content (AvgIpc) is 3.08. The second-order valence-electron chi connectivity index (χ2n) is 6.50. The average molecular weight is 283 g/mol. The number of aromatic nitrogens is 2. The Morgan fingerprint density at radius 2 is 1.86 bits per heavy atom. The van der Waals surface area contributed by atoms with E-state index >= 15 is 0 Å². The number of hydrogen-bond donors (Lipinski definition) is 1. The van der Waals surface area contributed by atoms with E-state index in [1.807, 2.05) is 22.9 Å². The van der Waals surface area contributed by atoms with Crippen LogP contribution in [0.2, 0.25) is 0 Å². The Morgan fingerprint density at radius 1 is 1.19 bits per heavy atom. The van der Waals surface area contributed by atoms with Gasteiger partial charge in [0.15, 0.2) is 0 Å². The molecule has 3 nitrogen and oxygen atoms in total. The predicted octanol–water partition coefficient (Wildman–Crippen LogP) is 4.31. The molecule has 3 heteroatoms. The van der Waals surface area contributed by atoms with Crippen LogP contribution in [0.15, 0.2) is 30.3 Å². The highest BCUT2D eigenvalue weighted by Gasteiger charge is 2.23. The van der Waals surface area contributed by atoms with E-state index in [2.05, 4.69) is 26.0 Å². The molecule has 0 spiro atoms. The van der Waals surface area contributed by atoms with E-state index in [1.165, 1.54) is 36.9 Å². The van der Waals surface area contributed by atoms with Gasteiger partial charge in [-0.2, -0.15) is 5.10 Å². The maximum Gasteiger partial charge on any atom is 0.130 e. The minimum absolute atomic E-state index is 0.416. The maximum atomic E-state index is 6.41. The Labute approximate surface area is 127 Å². The largest absolute Gasteiger partial charge is 0.383 e. The van der Waals surface area contributed by atoms with Gasteiger partial charge in [-0.3, -0.25) is 0 Å². The number of rotatable bonds is 4. The van der Waals surface area contributed by atoms with Crippen molar-refractivity contribution in [2.75, 3.05) is 5.73 Å². The van der Waals surface area contributed by atoms with Crippen LogP contribution in [0.4, 0.5) is 5.82 Å². The quantitative estimate of drug-likeness (QED) is 0.908. The number of anilines is 1. The number of benzene rings is 1. The van der Waals surface area contributed by atoms with Crippen LogP contribution in [-0.2, 0) is 6.42 Å². The van der Waals surface area contributed by atoms with Crippen molar-refractivity contribution in [2.45, 2.75) is 51.9 Å². The first-order valence-corrected chi connectivity index (χ1v) is 8.09. The molecule has 0 atom stereocenters. The lowest BCUT2D eigenvalue weighted by atomic mass is 9.95. The smallest absolute Gasteiger partial charge is 0.130 e. The zero-order valence-corrected chi connectivity index (χ0v) is 13.0. The van der Waals surface area contributed by atoms with Crippen LogP contribution < -0.4 is 5.73 Å². The molecule has 0 saturated heterocycles. The normalized spacial score (nSPS) is 16.0. The molecule has 2 N–H and O–H groups in total. The Kier molecular flexibility index (Phi) is 4.00. The molecule has 1 aromatic carbocycles. The van der Waals surface area contributed by atoms with Crippen molar-refractivity contribution in [3.8, 4) is 5.69 Å². The number of nitrogen functional groups attached to an aromatic ring is 1. The minimum Gasteiger partial charge on any atom is -0.383 e. The minimum atomic E-state index is 0.416. The molecule has 1 heterocycles. The van der Waals surface area contributed by atoms with Gasteiger partial charge in [0.1, 0.15) is 5.82 Å². The van der Waals surface area contributed by atoms with E-state index in [9.17, 15) is 0 Å². The van der Waals surface area contributed by atoms with Crippen molar-refractivity contribution in [3.05, 3.63) is 41.6 Å². The van der Waals surface area contributed by atoms with Crippen molar-refractivity contribution < 1.29 is 0 Å². The second-order valence-corrected chi connectivity index (χ2v) is 6.50. The SMILES string of the molecule is CC(C)c1c(CC2CCCC2)nn(-c2ccccc2)c1N. The zero-order chi connectivity index (χ0) is 14.8. The highest BCUT2D eigenvalue weighted by molar-refractivity contribution is 5.51. The van der Waals surface area contributed by atoms with Gasteiger partial charge in [0.2, 0.25) is 0 Å². The molecule has 1 aromatic heterocycles. The van der Waals surface area contributed by atoms with Crippen LogP contribution in [0.5, 0.6) is 0 Å². The summed E-state index contributed by atoms with van der Waals surface area (Å²) >= 11 is 0. The molecule has 0 amide bonds. The topological polar surface area (TPSA) is 43.8 Å². The van der Waals surface area contributed by atoms with Crippen LogP contribution in [-0.4, -0.2) is 9.78 Å². The third-order valence-electron chi connectivity index (χ3n) is 4.57. The Bertz CT molecular complexity index is 592. The first-order chi connectivity index (χ1) is 10.2. The van der Waals surface area contributed by atoms with Gasteiger partial charge < -0.3 is 5.73 Å². The lowest BCUT2D eigenvalue weighted by Gasteiger charge is -2.10. The standard InChI is InChI=1S/C18H25N3/c1-13(2)17-16(12-14-8-6-7-9-14)20-21(18(17)19)15-10-4-3-5-11-15/h3-5,10-11,13-14H,6-9,12,19H2,1-2H3. The summed E-state index contributed by atoms with van der Waals surface area (Å²) in [5.41, 5.74) is 9.91. The molecule has 1 saturated carbocycles. The van der Waals surface area contributed by atoms with Gasteiger partial charge in [-0.15, -0.1) is 0 Å². The molecule has 1 fully saturated rings. The van der Waals surface area contributed by atoms with Crippen LogP contribution in [0.3, 0.4) is 0 Å². The van der Waals surface area contributed by atoms with Gasteiger partial charge in [-0.25, -0.2) is 4.68 Å². The molecule has 0 aliphatic heterocycles. The summed E-state index contributed by atoms with van der Waals surface area (Å²) in [5.74, 6) is 2.02. The van der Waals surface area contributed by atoms with E-state index in [1.54, 1.807) is 0 Å². The van der Waals surface area contributed by atoms with Gasteiger partial charge in [-0.05, 0) is 30.4 Å². The molecule has 112 valence electrons. The Morgan fingerprint density at radius 3 is 2.48 bits per heavy atom. The maximum absolute atomic E-state index is 6.41. The summed E-state index contributed by atoms with van der Waals surface area (Å²) in [6.45, 7) is 4.42. The van der Waals surface area contributed by atoms with E-state index in [4.69, 9.17) is 10.8 Å². The van der Waals surface area contributed by atoms with Crippen molar-refractivity contribution in [1.82, 2.24) is 9.78 Å². The van der Waals surface area contributed by atoms with Gasteiger partial charge in [-0.1, -0.05) is 57.7 Å². The van der Waals surface area contributed by atoms with Gasteiger partial charge in [0.05, 0.1) is 11.4 Å². The summed E-state index contributed by atoms with van der Waals surface area (Å²) in [6, 6.07) is 10.2. The molecular formula is C18H25N3. The summed E-state index contributed by atoms with van der Waals surface area (Å²) in [4.78, 5) is 0. The zero-order valence-electron chi connectivity index (χ0n) is 13.0. The monoisotopic (exact) mass is 283 g/mol. The van der Waals surface area contributed by atoms with Crippen molar-refractivity contribution in [2.24, 2.45) is 5.92 Å². The van der Waals surface area contributed by atoms with Crippen LogP contribution in [0.1, 0.15) is 56.7 Å². The van der Waals surface area contributed by atoms with E-state index < -0.39 is 0 Å². The van der Waals surface area contributed by atoms with E-state index in [0.29, 0.717) is 5.92 Å². The molecule has 1 aliphatic rings. The molecule has 2 aromatic rings. The lowest BCUT2D eigenvalue weighted by Crippen LogP contribution is -2.03. The van der Waals surface area contributed by atoms with Crippen molar-refractivity contribution in [3.63, 3.8) is 0 Å². The van der Waals surface area contributed by atoms with Crippen molar-refractivity contribution >= 4 is 5.82 Å². The molecular weight excluding hydrogens is 258 g/mol. The van der Waals surface area contributed by atoms with E-state index in [0.717, 1.165) is 23.8 Å². The fourth-order valence-electron chi connectivity index (χ4n) is 3.52. The molecule has 1 aliphatic carbocycles. The fraction of sp³-hybridized carbons (Fsp3) is 0.500. The van der Waals surface area contributed by atoms with Gasteiger partial charge >= 0.3 is 0 Å². The predicted molar refractivity (Wildman–Crippen MR) is 87.7 cm³/mol. The highest BCUT2D eigenvalue weighted by Crippen LogP contribution is 2.33. The molecule has 21 heavy (non-hydrogen) atoms. The van der Waals surface area contributed by atoms with Crippen LogP contribution in [0.25, 0.3) is 5.69 Å². The number of hydrogen-bond acceptors (Lipinski definition) is 2. The summed E-state index contributed by atoms with van der Waals surface area (Å²) in [6.07, 6.45) is 6.51. The summed E-state index contributed by atoms with van der Waals surface area (Å²) in [5, 5.41) is 4.86. The Hall–Kier alpha value is -1.77. The molecule has 0 unspecified atom stereocenters. The number of para-hydroxylation sites is 1.